The van der Waals surface area contributed by atoms with Crippen LogP contribution in [0.2, 0.25) is 0 Å². The van der Waals surface area contributed by atoms with Crippen molar-refractivity contribution in [1.29, 1.82) is 0 Å². The normalized spacial score (nSPS) is 11.7. The molecule has 0 spiro atoms. The Balaban J connectivity index is 2.54. The first-order valence-corrected chi connectivity index (χ1v) is 6.06. The Hall–Kier alpha value is -2.22. The molecule has 0 aliphatic carbocycles. The van der Waals surface area contributed by atoms with Crippen LogP contribution in [0.1, 0.15) is 31.1 Å². The van der Waals surface area contributed by atoms with Crippen molar-refractivity contribution in [2.45, 2.75) is 26.1 Å². The minimum absolute atomic E-state index is 0.124. The topological polar surface area (TPSA) is 17.8 Å². The van der Waals surface area contributed by atoms with Crippen LogP contribution in [0, 0.1) is 12.3 Å². The summed E-state index contributed by atoms with van der Waals surface area (Å²) >= 11 is 0. The Labute approximate surface area is 115 Å². The van der Waals surface area contributed by atoms with Crippen LogP contribution in [-0.2, 0) is 6.18 Å². The van der Waals surface area contributed by atoms with Crippen LogP contribution >= 0.6 is 0 Å². The number of rotatable bonds is 2. The number of hydrogen-bond acceptors (Lipinski definition) is 1. The highest BCUT2D eigenvalue weighted by molar-refractivity contribution is 5.58. The molecular weight excluding hydrogens is 265 g/mol. The Morgan fingerprint density at radius 2 is 1.80 bits per heavy atom. The molecule has 1 heterocycles. The third-order valence-corrected chi connectivity index (χ3v) is 2.89. The summed E-state index contributed by atoms with van der Waals surface area (Å²) in [6, 6.07) is 6.60. The van der Waals surface area contributed by atoms with E-state index in [4.69, 9.17) is 6.42 Å². The zero-order valence-corrected chi connectivity index (χ0v) is 11.1. The Kier molecular flexibility index (Phi) is 3.58. The molecule has 0 saturated carbocycles. The molecule has 0 fully saturated rings. The molecule has 0 amide bonds. The van der Waals surface area contributed by atoms with Gasteiger partial charge in [-0.05, 0) is 26.0 Å². The first kappa shape index (κ1) is 14.2. The summed E-state index contributed by atoms with van der Waals surface area (Å²) in [5.74, 6) is 2.75. The van der Waals surface area contributed by atoms with Gasteiger partial charge in [0.2, 0.25) is 0 Å². The third-order valence-electron chi connectivity index (χ3n) is 2.89. The van der Waals surface area contributed by atoms with E-state index in [-0.39, 0.29) is 11.9 Å². The van der Waals surface area contributed by atoms with Crippen LogP contribution in [0.15, 0.2) is 30.5 Å². The minimum atomic E-state index is -4.45. The second-order valence-corrected chi connectivity index (χ2v) is 4.67. The molecule has 0 aliphatic heterocycles. The van der Waals surface area contributed by atoms with Crippen molar-refractivity contribution in [2.75, 3.05) is 0 Å². The van der Waals surface area contributed by atoms with Gasteiger partial charge in [-0.1, -0.05) is 18.1 Å². The molecule has 0 atom stereocenters. The summed E-state index contributed by atoms with van der Waals surface area (Å²) in [7, 11) is 0. The number of hydrogen-bond donors (Lipinski definition) is 0. The van der Waals surface area contributed by atoms with Crippen molar-refractivity contribution in [3.63, 3.8) is 0 Å². The maximum Gasteiger partial charge on any atom is 0.434 e. The fourth-order valence-electron chi connectivity index (χ4n) is 1.85. The SMILES string of the molecule is C#Cc1ccc(-c2nc(C(F)(F)F)cn2C(C)C)cc1. The maximum absolute atomic E-state index is 12.8. The van der Waals surface area contributed by atoms with E-state index < -0.39 is 11.9 Å². The Bertz CT molecular complexity index is 643. The fraction of sp³-hybridized carbons (Fsp3) is 0.267. The van der Waals surface area contributed by atoms with Gasteiger partial charge >= 0.3 is 6.18 Å². The maximum atomic E-state index is 12.8. The quantitative estimate of drug-likeness (QED) is 0.755. The molecule has 104 valence electrons. The summed E-state index contributed by atoms with van der Waals surface area (Å²) in [5, 5.41) is 0. The molecule has 0 radical (unpaired) electrons. The highest BCUT2D eigenvalue weighted by Gasteiger charge is 2.35. The molecule has 2 nitrogen and oxygen atoms in total. The molecule has 2 rings (SSSR count). The predicted molar refractivity (Wildman–Crippen MR) is 71.0 cm³/mol. The molecule has 0 saturated heterocycles. The molecular formula is C15H13F3N2. The molecule has 0 aliphatic rings. The zero-order valence-electron chi connectivity index (χ0n) is 11.1. The minimum Gasteiger partial charge on any atom is -0.328 e. The van der Waals surface area contributed by atoms with Gasteiger partial charge < -0.3 is 4.57 Å². The van der Waals surface area contributed by atoms with E-state index in [0.29, 0.717) is 11.1 Å². The number of aromatic nitrogens is 2. The van der Waals surface area contributed by atoms with Gasteiger partial charge in [0, 0.05) is 23.4 Å². The molecule has 1 aromatic heterocycles. The Morgan fingerprint density at radius 1 is 1.20 bits per heavy atom. The van der Waals surface area contributed by atoms with Crippen LogP contribution in [0.5, 0.6) is 0 Å². The highest BCUT2D eigenvalue weighted by atomic mass is 19.4. The predicted octanol–water partition coefficient (Wildman–Crippen LogP) is 4.13. The Morgan fingerprint density at radius 3 is 2.25 bits per heavy atom. The average molecular weight is 278 g/mol. The average Bonchev–Trinajstić information content (AvgIpc) is 2.84. The summed E-state index contributed by atoms with van der Waals surface area (Å²) in [5.41, 5.74) is 0.392. The number of benzene rings is 1. The van der Waals surface area contributed by atoms with E-state index in [1.807, 2.05) is 0 Å². The summed E-state index contributed by atoms with van der Waals surface area (Å²) in [6.45, 7) is 3.61. The van der Waals surface area contributed by atoms with Gasteiger partial charge in [-0.15, -0.1) is 6.42 Å². The van der Waals surface area contributed by atoms with Crippen LogP contribution in [0.3, 0.4) is 0 Å². The lowest BCUT2D eigenvalue weighted by Crippen LogP contribution is -2.05. The zero-order chi connectivity index (χ0) is 14.9. The van der Waals surface area contributed by atoms with Crippen molar-refractivity contribution in [3.8, 4) is 23.7 Å². The first-order chi connectivity index (χ1) is 9.32. The van der Waals surface area contributed by atoms with E-state index in [1.54, 1.807) is 38.1 Å². The number of terminal acetylenes is 1. The monoisotopic (exact) mass is 278 g/mol. The van der Waals surface area contributed by atoms with E-state index in [2.05, 4.69) is 10.9 Å². The van der Waals surface area contributed by atoms with E-state index in [9.17, 15) is 13.2 Å². The van der Waals surface area contributed by atoms with Crippen molar-refractivity contribution in [2.24, 2.45) is 0 Å². The van der Waals surface area contributed by atoms with Gasteiger partial charge in [-0.3, -0.25) is 0 Å². The van der Waals surface area contributed by atoms with Crippen LogP contribution in [0.4, 0.5) is 13.2 Å². The molecule has 1 aromatic carbocycles. The lowest BCUT2D eigenvalue weighted by molar-refractivity contribution is -0.140. The van der Waals surface area contributed by atoms with Gasteiger partial charge in [0.05, 0.1) is 0 Å². The van der Waals surface area contributed by atoms with Gasteiger partial charge in [-0.25, -0.2) is 4.98 Å². The van der Waals surface area contributed by atoms with Crippen molar-refractivity contribution in [3.05, 3.63) is 41.7 Å². The van der Waals surface area contributed by atoms with Crippen molar-refractivity contribution < 1.29 is 13.2 Å². The molecule has 0 unspecified atom stereocenters. The van der Waals surface area contributed by atoms with E-state index in [1.165, 1.54) is 4.57 Å². The standard InChI is InChI=1S/C15H13F3N2/c1-4-11-5-7-12(8-6-11)14-19-13(15(16,17)18)9-20(14)10(2)3/h1,5-10H,2-3H3. The number of imidazole rings is 1. The van der Waals surface area contributed by atoms with Gasteiger partial charge in [0.25, 0.3) is 0 Å². The lowest BCUT2D eigenvalue weighted by atomic mass is 10.1. The molecule has 0 bridgehead atoms. The summed E-state index contributed by atoms with van der Waals surface area (Å²) in [4.78, 5) is 3.71. The van der Waals surface area contributed by atoms with Crippen LogP contribution < -0.4 is 0 Å². The highest BCUT2D eigenvalue weighted by Crippen LogP contribution is 2.32. The van der Waals surface area contributed by atoms with Gasteiger partial charge in [-0.2, -0.15) is 13.2 Å². The van der Waals surface area contributed by atoms with Crippen molar-refractivity contribution in [1.82, 2.24) is 9.55 Å². The fourth-order valence-corrected chi connectivity index (χ4v) is 1.85. The largest absolute Gasteiger partial charge is 0.434 e. The molecule has 2 aromatic rings. The molecule has 0 N–H and O–H groups in total. The summed E-state index contributed by atoms with van der Waals surface area (Å²) in [6.07, 6.45) is 1.84. The third kappa shape index (κ3) is 2.69. The number of alkyl halides is 3. The molecule has 20 heavy (non-hydrogen) atoms. The smallest absolute Gasteiger partial charge is 0.328 e. The summed E-state index contributed by atoms with van der Waals surface area (Å²) < 4.78 is 39.8. The second-order valence-electron chi connectivity index (χ2n) is 4.67. The van der Waals surface area contributed by atoms with E-state index in [0.717, 1.165) is 6.20 Å². The van der Waals surface area contributed by atoms with Gasteiger partial charge in [0.15, 0.2) is 5.69 Å². The second kappa shape index (κ2) is 5.04. The first-order valence-electron chi connectivity index (χ1n) is 6.06. The number of nitrogens with zero attached hydrogens (tertiary/aromatic N) is 2. The van der Waals surface area contributed by atoms with Gasteiger partial charge in [0.1, 0.15) is 5.82 Å². The van der Waals surface area contributed by atoms with Crippen LogP contribution in [-0.4, -0.2) is 9.55 Å². The van der Waals surface area contributed by atoms with Crippen LogP contribution in [0.25, 0.3) is 11.4 Å². The lowest BCUT2D eigenvalue weighted by Gasteiger charge is -2.11. The van der Waals surface area contributed by atoms with E-state index >= 15 is 0 Å². The number of halogens is 3. The van der Waals surface area contributed by atoms with Crippen molar-refractivity contribution >= 4 is 0 Å². The molecule has 5 heteroatoms.